The number of hydrogen-bond acceptors (Lipinski definition) is 3. The van der Waals surface area contributed by atoms with Crippen LogP contribution in [0.15, 0.2) is 17.0 Å². The van der Waals surface area contributed by atoms with Crippen molar-refractivity contribution in [2.75, 3.05) is 0 Å². The molecule has 7 heteroatoms. The average molecular weight is 427 g/mol. The summed E-state index contributed by atoms with van der Waals surface area (Å²) in [6, 6.07) is 2.01. The van der Waals surface area contributed by atoms with E-state index in [0.717, 1.165) is 12.1 Å². The molecular weight excluding hydrogens is 425 g/mol. The van der Waals surface area contributed by atoms with Gasteiger partial charge in [0, 0.05) is 7.14 Å². The number of hydrogen-bond donors (Lipinski definition) is 0. The van der Waals surface area contributed by atoms with Crippen molar-refractivity contribution >= 4 is 55.3 Å². The largest absolute Gasteiger partial charge is 0.744 e. The van der Waals surface area contributed by atoms with Gasteiger partial charge in [-0.3, -0.25) is 0 Å². The second-order valence-electron chi connectivity index (χ2n) is 2.15. The minimum absolute atomic E-state index is 0.108. The quantitative estimate of drug-likeness (QED) is 0.509. The zero-order valence-electron chi connectivity index (χ0n) is 5.92. The smallest absolute Gasteiger partial charge is 0.126 e. The molecule has 0 fully saturated rings. The van der Waals surface area contributed by atoms with Crippen LogP contribution in [-0.2, 0) is 10.1 Å². The van der Waals surface area contributed by atoms with E-state index in [4.69, 9.17) is 0 Å². The number of benzene rings is 1. The van der Waals surface area contributed by atoms with E-state index < -0.39 is 15.9 Å². The molecular formula is C6H2FI2O3S-. The third kappa shape index (κ3) is 2.73. The Morgan fingerprint density at radius 1 is 1.23 bits per heavy atom. The van der Waals surface area contributed by atoms with Crippen molar-refractivity contribution in [3.63, 3.8) is 0 Å². The Bertz CT molecular complexity index is 420. The van der Waals surface area contributed by atoms with E-state index in [-0.39, 0.29) is 12.0 Å². The molecule has 0 bridgehead atoms. The molecule has 0 aliphatic rings. The maximum atomic E-state index is 12.7. The third-order valence-electron chi connectivity index (χ3n) is 1.21. The summed E-state index contributed by atoms with van der Waals surface area (Å²) < 4.78 is 45.0. The molecule has 1 rings (SSSR count). The van der Waals surface area contributed by atoms with Gasteiger partial charge in [0.15, 0.2) is 0 Å². The fourth-order valence-corrected chi connectivity index (χ4v) is 4.67. The van der Waals surface area contributed by atoms with E-state index in [9.17, 15) is 17.4 Å². The molecule has 0 unspecified atom stereocenters. The van der Waals surface area contributed by atoms with Crippen molar-refractivity contribution in [3.05, 3.63) is 25.1 Å². The molecule has 0 spiro atoms. The molecule has 0 N–H and O–H groups in total. The summed E-state index contributed by atoms with van der Waals surface area (Å²) in [6.45, 7) is 0. The maximum Gasteiger partial charge on any atom is 0.126 e. The molecule has 0 aliphatic carbocycles. The Morgan fingerprint density at radius 3 is 1.92 bits per heavy atom. The highest BCUT2D eigenvalue weighted by molar-refractivity contribution is 14.1. The highest BCUT2D eigenvalue weighted by atomic mass is 127. The molecule has 0 saturated heterocycles. The van der Waals surface area contributed by atoms with Crippen molar-refractivity contribution in [1.82, 2.24) is 0 Å². The topological polar surface area (TPSA) is 57.2 Å². The van der Waals surface area contributed by atoms with Gasteiger partial charge in [-0.05, 0) is 57.3 Å². The first-order chi connectivity index (χ1) is 5.82. The number of rotatable bonds is 1. The zero-order chi connectivity index (χ0) is 10.2. The number of halogens is 3. The van der Waals surface area contributed by atoms with Crippen LogP contribution in [-0.4, -0.2) is 13.0 Å². The van der Waals surface area contributed by atoms with Gasteiger partial charge in [0.25, 0.3) is 0 Å². The van der Waals surface area contributed by atoms with Gasteiger partial charge in [-0.2, -0.15) is 0 Å². The van der Waals surface area contributed by atoms with Crippen LogP contribution in [0.1, 0.15) is 0 Å². The van der Waals surface area contributed by atoms with E-state index in [1.165, 1.54) is 0 Å². The maximum absolute atomic E-state index is 12.7. The summed E-state index contributed by atoms with van der Waals surface area (Å²) in [6.07, 6.45) is 0. The van der Waals surface area contributed by atoms with Gasteiger partial charge >= 0.3 is 0 Å². The molecule has 13 heavy (non-hydrogen) atoms. The normalized spacial score (nSPS) is 11.7. The Kier molecular flexibility index (Phi) is 3.52. The molecule has 0 amide bonds. The Labute approximate surface area is 102 Å². The fourth-order valence-electron chi connectivity index (χ4n) is 0.768. The molecule has 72 valence electrons. The molecule has 0 atom stereocenters. The zero-order valence-corrected chi connectivity index (χ0v) is 11.1. The van der Waals surface area contributed by atoms with Gasteiger partial charge < -0.3 is 4.55 Å². The Morgan fingerprint density at radius 2 is 1.62 bits per heavy atom. The van der Waals surface area contributed by atoms with Crippen LogP contribution in [0.3, 0.4) is 0 Å². The summed E-state index contributed by atoms with van der Waals surface area (Å²) in [5.41, 5.74) is 0. The molecule has 0 heterocycles. The predicted molar refractivity (Wildman–Crippen MR) is 59.8 cm³/mol. The summed E-state index contributed by atoms with van der Waals surface area (Å²) in [7, 11) is -4.51. The van der Waals surface area contributed by atoms with Gasteiger partial charge in [0.1, 0.15) is 15.9 Å². The lowest BCUT2D eigenvalue weighted by atomic mass is 10.3. The minimum Gasteiger partial charge on any atom is -0.744 e. The summed E-state index contributed by atoms with van der Waals surface area (Å²) in [5, 5.41) is 0. The van der Waals surface area contributed by atoms with E-state index in [0.29, 0.717) is 0 Å². The van der Waals surface area contributed by atoms with Crippen LogP contribution in [0.2, 0.25) is 0 Å². The predicted octanol–water partition coefficient (Wildman–Crippen LogP) is 1.94. The van der Waals surface area contributed by atoms with E-state index in [1.807, 2.05) is 0 Å². The van der Waals surface area contributed by atoms with Crippen LogP contribution < -0.4 is 0 Å². The molecule has 1 aromatic rings. The first-order valence-electron chi connectivity index (χ1n) is 2.93. The van der Waals surface area contributed by atoms with E-state index >= 15 is 0 Å². The van der Waals surface area contributed by atoms with Crippen LogP contribution in [0.25, 0.3) is 0 Å². The van der Waals surface area contributed by atoms with Gasteiger partial charge in [0.05, 0.1) is 4.90 Å². The van der Waals surface area contributed by atoms with E-state index in [1.54, 1.807) is 45.2 Å². The van der Waals surface area contributed by atoms with E-state index in [2.05, 4.69) is 0 Å². The van der Waals surface area contributed by atoms with Crippen LogP contribution >= 0.6 is 45.2 Å². The summed E-state index contributed by atoms with van der Waals surface area (Å²) in [4.78, 5) is -0.352. The van der Waals surface area contributed by atoms with Crippen molar-refractivity contribution in [2.45, 2.75) is 4.90 Å². The van der Waals surface area contributed by atoms with Crippen LogP contribution in [0.4, 0.5) is 4.39 Å². The summed E-state index contributed by atoms with van der Waals surface area (Å²) in [5.74, 6) is -0.554. The highest BCUT2D eigenvalue weighted by Gasteiger charge is 2.12. The first kappa shape index (κ1) is 11.6. The third-order valence-corrected chi connectivity index (χ3v) is 4.59. The van der Waals surface area contributed by atoms with Gasteiger partial charge in [-0.25, -0.2) is 12.8 Å². The standard InChI is InChI=1S/C6H3FI2O3S/c7-3-1-4(8)6(5(9)2-3)13(10,11)12/h1-2H,(H,10,11,12)/p-1. The molecule has 0 aliphatic heterocycles. The van der Waals surface area contributed by atoms with Gasteiger partial charge in [-0.1, -0.05) is 0 Å². The molecule has 0 aromatic heterocycles. The molecule has 3 nitrogen and oxygen atoms in total. The molecule has 1 aromatic carbocycles. The van der Waals surface area contributed by atoms with Crippen molar-refractivity contribution in [3.8, 4) is 0 Å². The van der Waals surface area contributed by atoms with Gasteiger partial charge in [-0.15, -0.1) is 0 Å². The highest BCUT2D eigenvalue weighted by Crippen LogP contribution is 2.24. The Balaban J connectivity index is 3.57. The lowest BCUT2D eigenvalue weighted by Crippen LogP contribution is -2.04. The molecule has 0 saturated carbocycles. The SMILES string of the molecule is O=S(=O)([O-])c1c(I)cc(F)cc1I. The lowest BCUT2D eigenvalue weighted by molar-refractivity contribution is 0.461. The van der Waals surface area contributed by atoms with Crippen molar-refractivity contribution < 1.29 is 17.4 Å². The summed E-state index contributed by atoms with van der Waals surface area (Å²) >= 11 is 3.23. The second kappa shape index (κ2) is 3.95. The van der Waals surface area contributed by atoms with Gasteiger partial charge in [0.2, 0.25) is 0 Å². The second-order valence-corrected chi connectivity index (χ2v) is 5.79. The van der Waals surface area contributed by atoms with Crippen molar-refractivity contribution in [2.24, 2.45) is 0 Å². The minimum atomic E-state index is -4.51. The van der Waals surface area contributed by atoms with Crippen LogP contribution in [0, 0.1) is 13.0 Å². The average Bonchev–Trinajstić information content (AvgIpc) is 1.78. The van der Waals surface area contributed by atoms with Crippen molar-refractivity contribution in [1.29, 1.82) is 0 Å². The Hall–Kier alpha value is 0.520. The molecule has 0 radical (unpaired) electrons. The lowest BCUT2D eigenvalue weighted by Gasteiger charge is -2.11. The fraction of sp³-hybridized carbons (Fsp3) is 0. The first-order valence-corrected chi connectivity index (χ1v) is 6.49. The van der Waals surface area contributed by atoms with Crippen LogP contribution in [0.5, 0.6) is 0 Å². The monoisotopic (exact) mass is 427 g/mol.